The van der Waals surface area contributed by atoms with E-state index in [1.807, 2.05) is 28.8 Å². The number of para-hydroxylation sites is 2. The van der Waals surface area contributed by atoms with E-state index in [0.29, 0.717) is 17.0 Å². The van der Waals surface area contributed by atoms with Crippen LogP contribution in [0.1, 0.15) is 11.6 Å². The van der Waals surface area contributed by atoms with Crippen LogP contribution in [0.3, 0.4) is 0 Å². The summed E-state index contributed by atoms with van der Waals surface area (Å²) in [6.45, 7) is 0. The molecule has 3 aromatic rings. The molecule has 1 aromatic heterocycles. The van der Waals surface area contributed by atoms with Gasteiger partial charge in [0.25, 0.3) is 0 Å². The molecule has 8 heteroatoms. The van der Waals surface area contributed by atoms with E-state index >= 15 is 0 Å². The summed E-state index contributed by atoms with van der Waals surface area (Å²) in [7, 11) is 2.84. The number of anilines is 1. The van der Waals surface area contributed by atoms with Crippen molar-refractivity contribution < 1.29 is 19.4 Å². The Balaban J connectivity index is 2.02. The van der Waals surface area contributed by atoms with E-state index < -0.39 is 17.9 Å². The quantitative estimate of drug-likeness (QED) is 0.739. The Labute approximate surface area is 154 Å². The molecule has 2 atom stereocenters. The van der Waals surface area contributed by atoms with E-state index in [0.717, 1.165) is 5.52 Å². The average molecular weight is 364 g/mol. The van der Waals surface area contributed by atoms with Gasteiger partial charge in [0.2, 0.25) is 17.6 Å². The number of ether oxygens (including phenoxy) is 2. The summed E-state index contributed by atoms with van der Waals surface area (Å²) in [5.74, 6) is -0.821. The number of carbonyl (C=O) groups excluding carboxylic acids is 1. The molecule has 0 fully saturated rings. The summed E-state index contributed by atoms with van der Waals surface area (Å²) < 4.78 is 12.3. The molecular weight excluding hydrogens is 348 g/mol. The number of methoxy groups -OCH3 is 2. The van der Waals surface area contributed by atoms with Crippen LogP contribution in [0, 0.1) is 17.2 Å². The summed E-state index contributed by atoms with van der Waals surface area (Å²) >= 11 is 0. The Bertz CT molecular complexity index is 1070. The Kier molecular flexibility index (Phi) is 3.85. The molecule has 2 aromatic carbocycles. The lowest BCUT2D eigenvalue weighted by Crippen LogP contribution is -2.37. The second-order valence-corrected chi connectivity index (χ2v) is 6.11. The van der Waals surface area contributed by atoms with Crippen LogP contribution >= 0.6 is 0 Å². The zero-order chi connectivity index (χ0) is 19.1. The molecule has 2 heterocycles. The highest BCUT2D eigenvalue weighted by Crippen LogP contribution is 2.44. The highest BCUT2D eigenvalue weighted by atomic mass is 16.5. The fourth-order valence-electron chi connectivity index (χ4n) is 3.45. The first-order valence-electron chi connectivity index (χ1n) is 8.21. The number of aromatic nitrogens is 2. The number of carbonyl (C=O) groups is 1. The number of imidazole rings is 1. The van der Waals surface area contributed by atoms with E-state index in [2.05, 4.69) is 16.4 Å². The van der Waals surface area contributed by atoms with Crippen LogP contribution in [0.15, 0.2) is 36.4 Å². The van der Waals surface area contributed by atoms with Crippen molar-refractivity contribution in [1.29, 1.82) is 5.26 Å². The van der Waals surface area contributed by atoms with Crippen molar-refractivity contribution >= 4 is 22.9 Å². The van der Waals surface area contributed by atoms with Gasteiger partial charge < -0.3 is 19.1 Å². The van der Waals surface area contributed by atoms with Crippen molar-refractivity contribution in [3.63, 3.8) is 0 Å². The number of rotatable bonds is 3. The molecule has 0 saturated heterocycles. The van der Waals surface area contributed by atoms with Gasteiger partial charge in [-0.1, -0.05) is 12.1 Å². The monoisotopic (exact) mass is 364 g/mol. The number of benzene rings is 2. The van der Waals surface area contributed by atoms with Gasteiger partial charge >= 0.3 is 0 Å². The van der Waals surface area contributed by atoms with Gasteiger partial charge in [-0.25, -0.2) is 4.98 Å². The molecule has 0 aliphatic carbocycles. The molecular formula is C19H16N4O4. The normalized spacial score (nSPS) is 18.5. The van der Waals surface area contributed by atoms with Crippen LogP contribution in [-0.4, -0.2) is 34.8 Å². The fraction of sp³-hybridized carbons (Fsp3) is 0.211. The number of aromatic hydroxyl groups is 1. The third kappa shape index (κ3) is 2.44. The minimum Gasteiger partial charge on any atom is -0.502 e. The molecule has 2 N–H and O–H groups in total. The lowest BCUT2D eigenvalue weighted by molar-refractivity contribution is -0.119. The summed E-state index contributed by atoms with van der Waals surface area (Å²) in [5, 5.41) is 22.6. The van der Waals surface area contributed by atoms with Gasteiger partial charge in [-0.2, -0.15) is 5.26 Å². The molecule has 1 amide bonds. The zero-order valence-electron chi connectivity index (χ0n) is 14.6. The molecule has 8 nitrogen and oxygen atoms in total. The Morgan fingerprint density at radius 3 is 2.52 bits per heavy atom. The molecule has 1 aliphatic rings. The van der Waals surface area contributed by atoms with Crippen LogP contribution in [0.2, 0.25) is 0 Å². The Morgan fingerprint density at radius 1 is 1.22 bits per heavy atom. The smallest absolute Gasteiger partial charge is 0.246 e. The number of phenols is 1. The second kappa shape index (κ2) is 6.21. The van der Waals surface area contributed by atoms with E-state index in [-0.39, 0.29) is 17.2 Å². The topological polar surface area (TPSA) is 109 Å². The van der Waals surface area contributed by atoms with Gasteiger partial charge in [-0.3, -0.25) is 10.1 Å². The van der Waals surface area contributed by atoms with E-state index in [4.69, 9.17) is 9.47 Å². The number of nitrogens with zero attached hydrogens (tertiary/aromatic N) is 3. The fourth-order valence-corrected chi connectivity index (χ4v) is 3.45. The van der Waals surface area contributed by atoms with Crippen LogP contribution < -0.4 is 14.8 Å². The van der Waals surface area contributed by atoms with Gasteiger partial charge in [0.05, 0.1) is 37.4 Å². The SMILES string of the molecule is COc1cc([C@H]2[C@@H](C#N)C(=O)Nc3nc4ccccc4n32)cc(OC)c1O. The van der Waals surface area contributed by atoms with Crippen LogP contribution in [0.5, 0.6) is 17.2 Å². The Hall–Kier alpha value is -3.73. The maximum absolute atomic E-state index is 12.5. The molecule has 0 radical (unpaired) electrons. The average Bonchev–Trinajstić information content (AvgIpc) is 3.04. The molecule has 0 bridgehead atoms. The number of hydrogen-bond donors (Lipinski definition) is 2. The first-order chi connectivity index (χ1) is 13.1. The van der Waals surface area contributed by atoms with Gasteiger partial charge in [0, 0.05) is 0 Å². The van der Waals surface area contributed by atoms with Crippen molar-refractivity contribution in [3.05, 3.63) is 42.0 Å². The van der Waals surface area contributed by atoms with Gasteiger partial charge in [0.15, 0.2) is 17.4 Å². The predicted octanol–water partition coefficient (Wildman–Crippen LogP) is 2.44. The lowest BCUT2D eigenvalue weighted by atomic mass is 9.91. The minimum absolute atomic E-state index is 0.145. The van der Waals surface area contributed by atoms with Crippen molar-refractivity contribution in [2.75, 3.05) is 19.5 Å². The zero-order valence-corrected chi connectivity index (χ0v) is 14.6. The van der Waals surface area contributed by atoms with E-state index in [1.165, 1.54) is 14.2 Å². The van der Waals surface area contributed by atoms with Crippen LogP contribution in [-0.2, 0) is 4.79 Å². The molecule has 1 aliphatic heterocycles. The molecule has 0 spiro atoms. The first-order valence-corrected chi connectivity index (χ1v) is 8.21. The van der Waals surface area contributed by atoms with Crippen molar-refractivity contribution in [2.24, 2.45) is 5.92 Å². The maximum atomic E-state index is 12.5. The third-order valence-electron chi connectivity index (χ3n) is 4.69. The van der Waals surface area contributed by atoms with Crippen molar-refractivity contribution in [2.45, 2.75) is 6.04 Å². The summed E-state index contributed by atoms with van der Waals surface area (Å²) in [4.78, 5) is 17.0. The third-order valence-corrected chi connectivity index (χ3v) is 4.69. The predicted molar refractivity (Wildman–Crippen MR) is 96.8 cm³/mol. The summed E-state index contributed by atoms with van der Waals surface area (Å²) in [6.07, 6.45) is 0. The summed E-state index contributed by atoms with van der Waals surface area (Å²) in [6, 6.07) is 12.1. The van der Waals surface area contributed by atoms with Crippen molar-refractivity contribution in [1.82, 2.24) is 9.55 Å². The van der Waals surface area contributed by atoms with Gasteiger partial charge in [-0.05, 0) is 29.8 Å². The standard InChI is InChI=1S/C19H16N4O4/c1-26-14-7-10(8-15(27-2)17(14)24)16-11(9-20)18(25)22-19-21-12-5-3-4-6-13(12)23(16)19/h3-8,11,16,24H,1-2H3,(H,21,22,25)/t11-,16+/m1/s1. The van der Waals surface area contributed by atoms with Crippen LogP contribution in [0.4, 0.5) is 5.95 Å². The first kappa shape index (κ1) is 16.7. The minimum atomic E-state index is -0.992. The number of hydrogen-bond acceptors (Lipinski definition) is 6. The molecule has 136 valence electrons. The maximum Gasteiger partial charge on any atom is 0.246 e. The highest BCUT2D eigenvalue weighted by Gasteiger charge is 2.39. The number of phenolic OH excluding ortho intramolecular Hbond substituents is 1. The van der Waals surface area contributed by atoms with Crippen LogP contribution in [0.25, 0.3) is 11.0 Å². The van der Waals surface area contributed by atoms with E-state index in [9.17, 15) is 15.2 Å². The number of fused-ring (bicyclic) bond motifs is 3. The highest BCUT2D eigenvalue weighted by molar-refractivity contribution is 5.97. The largest absolute Gasteiger partial charge is 0.502 e. The molecule has 0 saturated carbocycles. The number of nitriles is 1. The van der Waals surface area contributed by atoms with E-state index in [1.54, 1.807) is 12.1 Å². The summed E-state index contributed by atoms with van der Waals surface area (Å²) in [5.41, 5.74) is 2.07. The van der Waals surface area contributed by atoms with Gasteiger partial charge in [-0.15, -0.1) is 0 Å². The molecule has 4 rings (SSSR count). The Morgan fingerprint density at radius 2 is 1.89 bits per heavy atom. The second-order valence-electron chi connectivity index (χ2n) is 6.11. The van der Waals surface area contributed by atoms with Crippen molar-refractivity contribution in [3.8, 4) is 23.3 Å². The number of amides is 1. The number of nitrogens with one attached hydrogen (secondary N) is 1. The molecule has 0 unspecified atom stereocenters. The lowest BCUT2D eigenvalue weighted by Gasteiger charge is -2.30. The molecule has 27 heavy (non-hydrogen) atoms. The van der Waals surface area contributed by atoms with Gasteiger partial charge in [0.1, 0.15) is 0 Å².